The molecule has 1 unspecified atom stereocenters. The van der Waals surface area contributed by atoms with Gasteiger partial charge in [-0.05, 0) is 46.6 Å². The highest BCUT2D eigenvalue weighted by Gasteiger charge is 2.09. The minimum Gasteiger partial charge on any atom is -0.497 e. The maximum Gasteiger partial charge on any atom is 0.152 e. The Balaban J connectivity index is 2.15. The Morgan fingerprint density at radius 1 is 1.32 bits per heavy atom. The van der Waals surface area contributed by atoms with Crippen LogP contribution in [0.2, 0.25) is 5.15 Å². The zero-order chi connectivity index (χ0) is 13.8. The van der Waals surface area contributed by atoms with Crippen molar-refractivity contribution in [1.29, 1.82) is 0 Å². The molecule has 3 nitrogen and oxygen atoms in total. The quantitative estimate of drug-likeness (QED) is 0.820. The molecule has 0 spiro atoms. The molecule has 0 saturated heterocycles. The van der Waals surface area contributed by atoms with Crippen molar-refractivity contribution in [2.45, 2.75) is 13.0 Å². The monoisotopic (exact) mass is 340 g/mol. The van der Waals surface area contributed by atoms with Crippen LogP contribution in [-0.4, -0.2) is 12.1 Å². The van der Waals surface area contributed by atoms with Gasteiger partial charge in [-0.25, -0.2) is 4.98 Å². The molecular formula is C14H14BrClN2O. The van der Waals surface area contributed by atoms with E-state index in [0.717, 1.165) is 21.5 Å². The van der Waals surface area contributed by atoms with Gasteiger partial charge in [0.2, 0.25) is 0 Å². The highest BCUT2D eigenvalue weighted by molar-refractivity contribution is 9.10. The van der Waals surface area contributed by atoms with Crippen molar-refractivity contribution < 1.29 is 4.74 Å². The van der Waals surface area contributed by atoms with Gasteiger partial charge in [-0.2, -0.15) is 0 Å². The van der Waals surface area contributed by atoms with Crippen molar-refractivity contribution in [1.82, 2.24) is 4.98 Å². The third-order valence-corrected chi connectivity index (χ3v) is 3.53. The van der Waals surface area contributed by atoms with E-state index >= 15 is 0 Å². The summed E-state index contributed by atoms with van der Waals surface area (Å²) in [5.41, 5.74) is 1.95. The molecule has 1 N–H and O–H groups in total. The first kappa shape index (κ1) is 14.2. The number of hydrogen-bond acceptors (Lipinski definition) is 3. The number of pyridine rings is 1. The summed E-state index contributed by atoms with van der Waals surface area (Å²) in [4.78, 5) is 4.09. The summed E-state index contributed by atoms with van der Waals surface area (Å²) in [5.74, 6) is 0.845. The average molecular weight is 342 g/mol. The van der Waals surface area contributed by atoms with Crippen LogP contribution in [0.1, 0.15) is 18.5 Å². The van der Waals surface area contributed by atoms with E-state index in [4.69, 9.17) is 16.3 Å². The maximum atomic E-state index is 6.06. The number of aromatic nitrogens is 1. The molecule has 19 heavy (non-hydrogen) atoms. The Bertz CT molecular complexity index is 560. The summed E-state index contributed by atoms with van der Waals surface area (Å²) < 4.78 is 6.03. The fourth-order valence-corrected chi connectivity index (χ4v) is 2.22. The van der Waals surface area contributed by atoms with Gasteiger partial charge in [-0.3, -0.25) is 0 Å². The number of benzene rings is 1. The van der Waals surface area contributed by atoms with E-state index in [1.807, 2.05) is 30.3 Å². The van der Waals surface area contributed by atoms with Crippen molar-refractivity contribution >= 4 is 33.2 Å². The smallest absolute Gasteiger partial charge is 0.152 e. The molecule has 1 aromatic heterocycles. The van der Waals surface area contributed by atoms with Crippen LogP contribution < -0.4 is 10.1 Å². The van der Waals surface area contributed by atoms with Gasteiger partial charge in [-0.15, -0.1) is 0 Å². The maximum absolute atomic E-state index is 6.06. The highest BCUT2D eigenvalue weighted by Crippen LogP contribution is 2.27. The first-order valence-corrected chi connectivity index (χ1v) is 6.99. The molecule has 0 aliphatic carbocycles. The van der Waals surface area contributed by atoms with Crippen molar-refractivity contribution in [3.05, 3.63) is 51.7 Å². The molecule has 1 aromatic carbocycles. The van der Waals surface area contributed by atoms with E-state index in [2.05, 4.69) is 33.2 Å². The van der Waals surface area contributed by atoms with Gasteiger partial charge in [0.1, 0.15) is 5.75 Å². The Morgan fingerprint density at radius 2 is 2.00 bits per heavy atom. The third-order valence-electron chi connectivity index (χ3n) is 2.79. The molecule has 0 fully saturated rings. The fourth-order valence-electron chi connectivity index (χ4n) is 1.73. The molecule has 5 heteroatoms. The molecule has 1 heterocycles. The Labute approximate surface area is 126 Å². The van der Waals surface area contributed by atoms with E-state index < -0.39 is 0 Å². The van der Waals surface area contributed by atoms with Crippen LogP contribution in [0.25, 0.3) is 0 Å². The van der Waals surface area contributed by atoms with Crippen molar-refractivity contribution in [2.75, 3.05) is 12.4 Å². The van der Waals surface area contributed by atoms with Crippen molar-refractivity contribution in [3.8, 4) is 5.75 Å². The summed E-state index contributed by atoms with van der Waals surface area (Å²) in [6.07, 6.45) is 1.67. The van der Waals surface area contributed by atoms with Crippen LogP contribution in [-0.2, 0) is 0 Å². The Hall–Kier alpha value is -1.26. The Morgan fingerprint density at radius 3 is 2.63 bits per heavy atom. The zero-order valence-corrected chi connectivity index (χ0v) is 13.0. The second kappa shape index (κ2) is 6.26. The molecule has 0 radical (unpaired) electrons. The zero-order valence-electron chi connectivity index (χ0n) is 10.7. The molecular weight excluding hydrogens is 328 g/mol. The third kappa shape index (κ3) is 3.61. The van der Waals surface area contributed by atoms with Crippen LogP contribution >= 0.6 is 27.5 Å². The summed E-state index contributed by atoms with van der Waals surface area (Å²) in [7, 11) is 1.66. The molecule has 0 aliphatic heterocycles. The summed E-state index contributed by atoms with van der Waals surface area (Å²) >= 11 is 9.44. The number of anilines is 1. The minimum atomic E-state index is 0.125. The largest absolute Gasteiger partial charge is 0.497 e. The standard InChI is InChI=1S/C14H14BrClN2O/c1-9(10-3-5-12(19-2)6-4-10)18-13-7-11(15)8-17-14(13)16/h3-9,18H,1-2H3. The van der Waals surface area contributed by atoms with Gasteiger partial charge in [0, 0.05) is 16.7 Å². The number of nitrogens with one attached hydrogen (secondary N) is 1. The molecule has 0 bridgehead atoms. The fraction of sp³-hybridized carbons (Fsp3) is 0.214. The van der Waals surface area contributed by atoms with Crippen LogP contribution in [0.15, 0.2) is 41.0 Å². The van der Waals surface area contributed by atoms with E-state index in [1.54, 1.807) is 13.3 Å². The van der Waals surface area contributed by atoms with E-state index in [1.165, 1.54) is 0 Å². The number of rotatable bonds is 4. The average Bonchev–Trinajstić information content (AvgIpc) is 2.43. The number of methoxy groups -OCH3 is 1. The minimum absolute atomic E-state index is 0.125. The molecule has 2 rings (SSSR count). The summed E-state index contributed by atoms with van der Waals surface area (Å²) in [6.45, 7) is 2.07. The number of hydrogen-bond donors (Lipinski definition) is 1. The van der Waals surface area contributed by atoms with Gasteiger partial charge >= 0.3 is 0 Å². The number of ether oxygens (including phenoxy) is 1. The Kier molecular flexibility index (Phi) is 4.66. The lowest BCUT2D eigenvalue weighted by Crippen LogP contribution is -2.07. The lowest BCUT2D eigenvalue weighted by atomic mass is 10.1. The second-order valence-electron chi connectivity index (χ2n) is 4.13. The van der Waals surface area contributed by atoms with Crippen LogP contribution in [0.4, 0.5) is 5.69 Å². The van der Waals surface area contributed by atoms with Gasteiger partial charge in [0.25, 0.3) is 0 Å². The van der Waals surface area contributed by atoms with E-state index in [-0.39, 0.29) is 6.04 Å². The molecule has 1 atom stereocenters. The molecule has 2 aromatic rings. The highest BCUT2D eigenvalue weighted by atomic mass is 79.9. The topological polar surface area (TPSA) is 34.1 Å². The van der Waals surface area contributed by atoms with Crippen molar-refractivity contribution in [2.24, 2.45) is 0 Å². The number of halogens is 2. The molecule has 0 saturated carbocycles. The lowest BCUT2D eigenvalue weighted by Gasteiger charge is -2.17. The predicted octanol–water partition coefficient (Wildman–Crippen LogP) is 4.68. The lowest BCUT2D eigenvalue weighted by molar-refractivity contribution is 0.414. The number of nitrogens with zero attached hydrogens (tertiary/aromatic N) is 1. The van der Waals surface area contributed by atoms with Crippen molar-refractivity contribution in [3.63, 3.8) is 0 Å². The van der Waals surface area contributed by atoms with Gasteiger partial charge in [0.05, 0.1) is 12.8 Å². The normalized spacial score (nSPS) is 12.0. The van der Waals surface area contributed by atoms with Gasteiger partial charge < -0.3 is 10.1 Å². The predicted molar refractivity (Wildman–Crippen MR) is 82.0 cm³/mol. The van der Waals surface area contributed by atoms with Crippen LogP contribution in [0.5, 0.6) is 5.75 Å². The summed E-state index contributed by atoms with van der Waals surface area (Å²) in [5, 5.41) is 3.80. The summed E-state index contributed by atoms with van der Waals surface area (Å²) in [6, 6.07) is 9.96. The molecule has 100 valence electrons. The molecule has 0 aliphatic rings. The first-order chi connectivity index (χ1) is 9.10. The molecule has 0 amide bonds. The van der Waals surface area contributed by atoms with E-state index in [0.29, 0.717) is 5.15 Å². The van der Waals surface area contributed by atoms with E-state index in [9.17, 15) is 0 Å². The van der Waals surface area contributed by atoms with Crippen LogP contribution in [0.3, 0.4) is 0 Å². The second-order valence-corrected chi connectivity index (χ2v) is 5.40. The van der Waals surface area contributed by atoms with Crippen LogP contribution in [0, 0.1) is 0 Å². The first-order valence-electron chi connectivity index (χ1n) is 5.81. The SMILES string of the molecule is COc1ccc(C(C)Nc2cc(Br)cnc2Cl)cc1. The van der Waals surface area contributed by atoms with Gasteiger partial charge in [0.15, 0.2) is 5.15 Å². The van der Waals surface area contributed by atoms with Gasteiger partial charge in [-0.1, -0.05) is 23.7 Å².